The SMILES string of the molecule is CCCCC(CC)CP(C)(O)(O)O. The summed E-state index contributed by atoms with van der Waals surface area (Å²) in [6.07, 6.45) is 4.22. The average molecular weight is 210 g/mol. The Kier molecular flexibility index (Phi) is 4.81. The van der Waals surface area contributed by atoms with Gasteiger partial charge in [-0.2, -0.15) is 0 Å². The predicted molar refractivity (Wildman–Crippen MR) is 57.7 cm³/mol. The Hall–Kier alpha value is 0.310. The van der Waals surface area contributed by atoms with Crippen LogP contribution in [0.25, 0.3) is 0 Å². The summed E-state index contributed by atoms with van der Waals surface area (Å²) < 4.78 is 0. The van der Waals surface area contributed by atoms with E-state index in [0.29, 0.717) is 0 Å². The molecule has 3 nitrogen and oxygen atoms in total. The first-order valence-electron chi connectivity index (χ1n) is 5.00. The Balaban J connectivity index is 3.98. The summed E-state index contributed by atoms with van der Waals surface area (Å²) in [5.41, 5.74) is 0. The predicted octanol–water partition coefficient (Wildman–Crippen LogP) is 2.11. The van der Waals surface area contributed by atoms with E-state index in [9.17, 15) is 14.7 Å². The van der Waals surface area contributed by atoms with E-state index in [1.165, 1.54) is 6.66 Å². The van der Waals surface area contributed by atoms with Crippen LogP contribution in [-0.2, 0) is 0 Å². The van der Waals surface area contributed by atoms with Crippen LogP contribution < -0.4 is 0 Å². The Bertz CT molecular complexity index is 141. The molecular formula is C9H23O3P. The molecule has 0 aromatic heterocycles. The van der Waals surface area contributed by atoms with E-state index in [4.69, 9.17) is 0 Å². The van der Waals surface area contributed by atoms with E-state index >= 15 is 0 Å². The normalized spacial score (nSPS) is 17.8. The molecule has 4 heteroatoms. The van der Waals surface area contributed by atoms with E-state index in [1.54, 1.807) is 0 Å². The fourth-order valence-electron chi connectivity index (χ4n) is 1.52. The van der Waals surface area contributed by atoms with Crippen molar-refractivity contribution in [3.63, 3.8) is 0 Å². The minimum absolute atomic E-state index is 0.155. The van der Waals surface area contributed by atoms with Crippen molar-refractivity contribution in [1.29, 1.82) is 0 Å². The molecule has 0 rings (SSSR count). The van der Waals surface area contributed by atoms with Crippen LogP contribution in [0.5, 0.6) is 0 Å². The third-order valence-corrected chi connectivity index (χ3v) is 3.60. The van der Waals surface area contributed by atoms with Gasteiger partial charge in [0.2, 0.25) is 0 Å². The van der Waals surface area contributed by atoms with Gasteiger partial charge in [-0.15, -0.1) is 0 Å². The van der Waals surface area contributed by atoms with Gasteiger partial charge in [-0.3, -0.25) is 0 Å². The molecule has 0 saturated heterocycles. The van der Waals surface area contributed by atoms with Gasteiger partial charge < -0.3 is 0 Å². The van der Waals surface area contributed by atoms with Crippen LogP contribution in [0.15, 0.2) is 0 Å². The fourth-order valence-corrected chi connectivity index (χ4v) is 3.17. The molecule has 3 N–H and O–H groups in total. The van der Waals surface area contributed by atoms with Crippen LogP contribution in [0.1, 0.15) is 39.5 Å². The van der Waals surface area contributed by atoms with Gasteiger partial charge in [0.15, 0.2) is 0 Å². The van der Waals surface area contributed by atoms with Crippen molar-refractivity contribution in [3.8, 4) is 0 Å². The van der Waals surface area contributed by atoms with Gasteiger partial charge >= 0.3 is 80.2 Å². The fraction of sp³-hybridized carbons (Fsp3) is 1.00. The van der Waals surface area contributed by atoms with Crippen molar-refractivity contribution >= 4 is 7.28 Å². The van der Waals surface area contributed by atoms with E-state index in [1.807, 2.05) is 6.92 Å². The molecule has 0 aliphatic carbocycles. The van der Waals surface area contributed by atoms with Crippen LogP contribution >= 0.6 is 7.28 Å². The number of rotatable bonds is 6. The molecule has 1 atom stereocenters. The third-order valence-electron chi connectivity index (χ3n) is 2.23. The van der Waals surface area contributed by atoms with Crippen molar-refractivity contribution in [3.05, 3.63) is 0 Å². The molecule has 1 unspecified atom stereocenters. The molecule has 13 heavy (non-hydrogen) atoms. The van der Waals surface area contributed by atoms with Gasteiger partial charge in [-0.1, -0.05) is 0 Å². The van der Waals surface area contributed by atoms with E-state index < -0.39 is 7.28 Å². The summed E-state index contributed by atoms with van der Waals surface area (Å²) >= 11 is 0. The molecule has 82 valence electrons. The van der Waals surface area contributed by atoms with Crippen molar-refractivity contribution in [1.82, 2.24) is 0 Å². The van der Waals surface area contributed by atoms with Crippen LogP contribution in [0.3, 0.4) is 0 Å². The maximum absolute atomic E-state index is 9.33. The first-order chi connectivity index (χ1) is 5.74. The third kappa shape index (κ3) is 8.63. The van der Waals surface area contributed by atoms with Crippen molar-refractivity contribution in [2.24, 2.45) is 5.92 Å². The molecule has 0 aliphatic heterocycles. The molecule has 0 fully saturated rings. The number of hydrogen-bond acceptors (Lipinski definition) is 3. The standard InChI is InChI=1S/C9H23O3P/c1-4-6-7-9(5-2)8-13(3,10,11)12/h9-12H,4-8H2,1-3H3. The second kappa shape index (κ2) is 4.70. The Labute approximate surface area is 81.0 Å². The first-order valence-corrected chi connectivity index (χ1v) is 7.73. The first kappa shape index (κ1) is 13.3. The zero-order valence-corrected chi connectivity index (χ0v) is 9.80. The summed E-state index contributed by atoms with van der Waals surface area (Å²) in [7, 11) is -4.25. The van der Waals surface area contributed by atoms with Crippen LogP contribution in [0.4, 0.5) is 0 Å². The molecule has 0 aromatic carbocycles. The Morgan fingerprint density at radius 1 is 1.15 bits per heavy atom. The second-order valence-electron chi connectivity index (χ2n) is 4.21. The molecule has 0 amide bonds. The Morgan fingerprint density at radius 3 is 2.00 bits per heavy atom. The summed E-state index contributed by atoms with van der Waals surface area (Å²) in [6.45, 7) is 5.29. The zero-order valence-electron chi connectivity index (χ0n) is 8.90. The summed E-state index contributed by atoms with van der Waals surface area (Å²) in [5.74, 6) is 0.239. The molecule has 0 saturated carbocycles. The maximum atomic E-state index is 9.33. The van der Waals surface area contributed by atoms with E-state index in [-0.39, 0.29) is 12.1 Å². The molecule has 0 heterocycles. The van der Waals surface area contributed by atoms with Crippen LogP contribution in [0, 0.1) is 5.92 Å². The second-order valence-corrected chi connectivity index (χ2v) is 7.79. The Morgan fingerprint density at radius 2 is 1.69 bits per heavy atom. The molecule has 0 spiro atoms. The van der Waals surface area contributed by atoms with Crippen LogP contribution in [-0.4, -0.2) is 27.5 Å². The van der Waals surface area contributed by atoms with Gasteiger partial charge in [-0.25, -0.2) is 0 Å². The summed E-state index contributed by atoms with van der Waals surface area (Å²) in [4.78, 5) is 28.0. The van der Waals surface area contributed by atoms with Gasteiger partial charge in [-0.05, 0) is 0 Å². The van der Waals surface area contributed by atoms with Gasteiger partial charge in [0, 0.05) is 0 Å². The molecule has 0 aromatic rings. The quantitative estimate of drug-likeness (QED) is 0.588. The zero-order chi connectivity index (χ0) is 10.6. The van der Waals surface area contributed by atoms with Crippen molar-refractivity contribution in [2.45, 2.75) is 39.5 Å². The van der Waals surface area contributed by atoms with Gasteiger partial charge in [0.1, 0.15) is 0 Å². The number of hydrogen-bond donors (Lipinski definition) is 3. The molecule has 0 bridgehead atoms. The van der Waals surface area contributed by atoms with Crippen molar-refractivity contribution in [2.75, 3.05) is 12.8 Å². The molecular weight excluding hydrogens is 187 g/mol. The van der Waals surface area contributed by atoms with Gasteiger partial charge in [0.25, 0.3) is 0 Å². The monoisotopic (exact) mass is 210 g/mol. The topological polar surface area (TPSA) is 60.7 Å². The van der Waals surface area contributed by atoms with Gasteiger partial charge in [0.05, 0.1) is 0 Å². The van der Waals surface area contributed by atoms with Crippen molar-refractivity contribution < 1.29 is 14.7 Å². The van der Waals surface area contributed by atoms with Crippen LogP contribution in [0.2, 0.25) is 0 Å². The minimum atomic E-state index is -4.25. The average Bonchev–Trinajstić information content (AvgIpc) is 1.94. The summed E-state index contributed by atoms with van der Waals surface area (Å²) in [6, 6.07) is 0. The summed E-state index contributed by atoms with van der Waals surface area (Å²) in [5, 5.41) is 0. The molecule has 0 aliphatic rings. The van der Waals surface area contributed by atoms with E-state index in [0.717, 1.165) is 25.7 Å². The van der Waals surface area contributed by atoms with E-state index in [2.05, 4.69) is 6.92 Å². The molecule has 0 radical (unpaired) electrons. The number of unbranched alkanes of at least 4 members (excludes halogenated alkanes) is 1.